The highest BCUT2D eigenvalue weighted by atomic mass is 79.9. The molecule has 0 saturated heterocycles. The molecular formula is C26H21BrN2O6. The van der Waals surface area contributed by atoms with Gasteiger partial charge in [0, 0.05) is 22.5 Å². The van der Waals surface area contributed by atoms with Gasteiger partial charge in [0.15, 0.2) is 11.2 Å². The van der Waals surface area contributed by atoms with Crippen molar-refractivity contribution in [2.24, 2.45) is 0 Å². The Labute approximate surface area is 208 Å². The van der Waals surface area contributed by atoms with Gasteiger partial charge in [-0.05, 0) is 23.8 Å². The van der Waals surface area contributed by atoms with Crippen molar-refractivity contribution in [1.29, 1.82) is 0 Å². The molecule has 4 rings (SSSR count). The Morgan fingerprint density at radius 2 is 1.74 bits per heavy atom. The van der Waals surface area contributed by atoms with Gasteiger partial charge in [0.1, 0.15) is 29.4 Å². The monoisotopic (exact) mass is 536 g/mol. The largest absolute Gasteiger partial charge is 0.488 e. The molecule has 0 aliphatic heterocycles. The van der Waals surface area contributed by atoms with Crippen molar-refractivity contribution in [1.82, 2.24) is 10.9 Å². The number of halogens is 1. The molecule has 0 spiro atoms. The maximum atomic E-state index is 12.8. The number of hydrazine groups is 1. The van der Waals surface area contributed by atoms with Crippen molar-refractivity contribution in [3.05, 3.63) is 110 Å². The van der Waals surface area contributed by atoms with Gasteiger partial charge in [0.25, 0.3) is 0 Å². The summed E-state index contributed by atoms with van der Waals surface area (Å²) in [7, 11) is 0. The Kier molecular flexibility index (Phi) is 7.59. The third-order valence-electron chi connectivity index (χ3n) is 5.22. The highest BCUT2D eigenvalue weighted by Gasteiger charge is 2.21. The molecule has 0 unspecified atom stereocenters. The summed E-state index contributed by atoms with van der Waals surface area (Å²) >= 11 is 3.46. The minimum absolute atomic E-state index is 0.149. The highest BCUT2D eigenvalue weighted by Crippen LogP contribution is 2.25. The van der Waals surface area contributed by atoms with Crippen LogP contribution >= 0.6 is 15.9 Å². The summed E-state index contributed by atoms with van der Waals surface area (Å²) < 4.78 is 12.4. The van der Waals surface area contributed by atoms with Gasteiger partial charge in [-0.25, -0.2) is 5.43 Å². The van der Waals surface area contributed by atoms with E-state index < -0.39 is 23.3 Å². The van der Waals surface area contributed by atoms with E-state index in [1.165, 1.54) is 0 Å². The van der Waals surface area contributed by atoms with Crippen LogP contribution in [0.3, 0.4) is 0 Å². The molecule has 0 saturated carbocycles. The number of carboxylic acid groups (broad SMARTS) is 1. The zero-order valence-electron chi connectivity index (χ0n) is 18.4. The predicted octanol–water partition coefficient (Wildman–Crippen LogP) is 4.06. The zero-order chi connectivity index (χ0) is 24.8. The average Bonchev–Trinajstić information content (AvgIpc) is 2.86. The Balaban J connectivity index is 1.49. The number of hydrogen-bond acceptors (Lipinski definition) is 6. The minimum Gasteiger partial charge on any atom is -0.488 e. The summed E-state index contributed by atoms with van der Waals surface area (Å²) in [5.41, 5.74) is 6.22. The van der Waals surface area contributed by atoms with Crippen molar-refractivity contribution in [3.8, 4) is 5.75 Å². The molecule has 0 bridgehead atoms. The minimum atomic E-state index is -1.14. The number of nitrogens with one attached hydrogen (secondary N) is 2. The van der Waals surface area contributed by atoms with E-state index in [0.717, 1.165) is 21.7 Å². The van der Waals surface area contributed by atoms with E-state index in [-0.39, 0.29) is 29.8 Å². The van der Waals surface area contributed by atoms with Gasteiger partial charge in [-0.1, -0.05) is 70.5 Å². The number of carbonyl (C=O) groups is 2. The molecular weight excluding hydrogens is 516 g/mol. The molecule has 0 radical (unpaired) electrons. The van der Waals surface area contributed by atoms with E-state index in [1.807, 2.05) is 30.3 Å². The zero-order valence-corrected chi connectivity index (χ0v) is 19.9. The molecule has 8 nitrogen and oxygen atoms in total. The smallest absolute Gasteiger partial charge is 0.322 e. The molecule has 1 aromatic heterocycles. The fraction of sp³-hybridized carbons (Fsp3) is 0.115. The quantitative estimate of drug-likeness (QED) is 0.276. The molecule has 178 valence electrons. The van der Waals surface area contributed by atoms with Crippen molar-refractivity contribution < 1.29 is 23.8 Å². The fourth-order valence-electron chi connectivity index (χ4n) is 3.45. The van der Waals surface area contributed by atoms with Gasteiger partial charge in [0.2, 0.25) is 0 Å². The van der Waals surface area contributed by atoms with Crippen LogP contribution in [0, 0.1) is 0 Å². The van der Waals surface area contributed by atoms with Gasteiger partial charge in [0.05, 0.1) is 0 Å². The molecule has 1 amide bonds. The van der Waals surface area contributed by atoms with Crippen LogP contribution in [-0.4, -0.2) is 23.0 Å². The lowest BCUT2D eigenvalue weighted by molar-refractivity contribution is -0.139. The standard InChI is InChI=1S/C26H21BrN2O6/c27-18-10-5-4-9-17(18)15-34-21-11-6-12-22-24(21)20(30)14-23(35-22)25(31)29-28-19(26(32)33)13-16-7-2-1-3-8-16/h1-12,14,19,28H,13,15H2,(H,29,31)(H,32,33)/t19-/m0/s1. The SMILES string of the molecule is O=C(NN[C@@H](Cc1ccccc1)C(=O)O)c1cc(=O)c2c(OCc3ccccc3Br)cccc2o1. The molecule has 0 aliphatic carbocycles. The molecule has 35 heavy (non-hydrogen) atoms. The molecule has 0 fully saturated rings. The number of hydrogen-bond donors (Lipinski definition) is 3. The number of benzene rings is 3. The summed E-state index contributed by atoms with van der Waals surface area (Å²) in [6.07, 6.45) is 0.149. The first-order chi connectivity index (χ1) is 16.9. The number of aliphatic carboxylic acids is 1. The van der Waals surface area contributed by atoms with E-state index in [0.29, 0.717) is 5.75 Å². The lowest BCUT2D eigenvalue weighted by Gasteiger charge is -2.15. The molecule has 3 aromatic carbocycles. The van der Waals surface area contributed by atoms with Gasteiger partial charge in [-0.2, -0.15) is 0 Å². The van der Waals surface area contributed by atoms with Crippen LogP contribution in [0.2, 0.25) is 0 Å². The van der Waals surface area contributed by atoms with Crippen molar-refractivity contribution >= 4 is 38.8 Å². The number of ether oxygens (including phenoxy) is 1. The number of rotatable bonds is 9. The summed E-state index contributed by atoms with van der Waals surface area (Å²) in [6.45, 7) is 0.226. The van der Waals surface area contributed by atoms with Crippen molar-refractivity contribution in [3.63, 3.8) is 0 Å². The van der Waals surface area contributed by atoms with Gasteiger partial charge >= 0.3 is 11.9 Å². The second-order valence-corrected chi connectivity index (χ2v) is 8.52. The Bertz CT molecular complexity index is 1420. The summed E-state index contributed by atoms with van der Waals surface area (Å²) in [4.78, 5) is 37.1. The van der Waals surface area contributed by atoms with E-state index >= 15 is 0 Å². The topological polar surface area (TPSA) is 118 Å². The number of amides is 1. The average molecular weight is 537 g/mol. The van der Waals surface area contributed by atoms with E-state index in [9.17, 15) is 19.5 Å². The van der Waals surface area contributed by atoms with Crippen LogP contribution in [0.5, 0.6) is 5.75 Å². The highest BCUT2D eigenvalue weighted by molar-refractivity contribution is 9.10. The van der Waals surface area contributed by atoms with E-state index in [4.69, 9.17) is 9.15 Å². The van der Waals surface area contributed by atoms with Crippen LogP contribution in [-0.2, 0) is 17.8 Å². The Hall–Kier alpha value is -3.95. The third-order valence-corrected chi connectivity index (χ3v) is 6.00. The van der Waals surface area contributed by atoms with Crippen LogP contribution in [0.15, 0.2) is 92.5 Å². The van der Waals surface area contributed by atoms with Crippen molar-refractivity contribution in [2.75, 3.05) is 0 Å². The second-order valence-electron chi connectivity index (χ2n) is 7.66. The summed E-state index contributed by atoms with van der Waals surface area (Å²) in [5.74, 6) is -1.85. The summed E-state index contributed by atoms with van der Waals surface area (Å²) in [5, 5.41) is 9.69. The number of carbonyl (C=O) groups excluding carboxylic acids is 1. The second kappa shape index (κ2) is 11.0. The lowest BCUT2D eigenvalue weighted by atomic mass is 10.1. The normalized spacial score (nSPS) is 11.7. The van der Waals surface area contributed by atoms with Crippen molar-refractivity contribution in [2.45, 2.75) is 19.1 Å². The van der Waals surface area contributed by atoms with Crippen LogP contribution in [0.25, 0.3) is 11.0 Å². The maximum Gasteiger partial charge on any atom is 0.322 e. The van der Waals surface area contributed by atoms with Crippen LogP contribution in [0.1, 0.15) is 21.7 Å². The molecule has 0 aliphatic rings. The Morgan fingerprint density at radius 1 is 1.00 bits per heavy atom. The molecule has 3 N–H and O–H groups in total. The van der Waals surface area contributed by atoms with E-state index in [2.05, 4.69) is 26.8 Å². The molecule has 1 atom stereocenters. The molecule has 4 aromatic rings. The molecule has 9 heteroatoms. The third kappa shape index (κ3) is 5.95. The number of fused-ring (bicyclic) bond motifs is 1. The van der Waals surface area contributed by atoms with Crippen LogP contribution in [0.4, 0.5) is 0 Å². The van der Waals surface area contributed by atoms with Crippen LogP contribution < -0.4 is 21.0 Å². The fourth-order valence-corrected chi connectivity index (χ4v) is 3.84. The predicted molar refractivity (Wildman–Crippen MR) is 133 cm³/mol. The first-order valence-corrected chi connectivity index (χ1v) is 11.5. The van der Waals surface area contributed by atoms with Gasteiger partial charge < -0.3 is 14.3 Å². The maximum absolute atomic E-state index is 12.8. The number of carboxylic acids is 1. The van der Waals surface area contributed by atoms with E-state index in [1.54, 1.807) is 42.5 Å². The summed E-state index contributed by atoms with van der Waals surface area (Å²) in [6, 6.07) is 21.4. The lowest BCUT2D eigenvalue weighted by Crippen LogP contribution is -2.49. The van der Waals surface area contributed by atoms with Gasteiger partial charge in [-0.15, -0.1) is 0 Å². The Morgan fingerprint density at radius 3 is 2.49 bits per heavy atom. The van der Waals surface area contributed by atoms with Gasteiger partial charge in [-0.3, -0.25) is 19.8 Å². The first-order valence-electron chi connectivity index (χ1n) is 10.7. The first kappa shape index (κ1) is 24.2. The molecule has 1 heterocycles.